The summed E-state index contributed by atoms with van der Waals surface area (Å²) in [4.78, 5) is 19.2. The Bertz CT molecular complexity index is 2130. The van der Waals surface area contributed by atoms with Gasteiger partial charge in [-0.15, -0.1) is 0 Å². The second-order valence-corrected chi connectivity index (χ2v) is 15.0. The molecule has 0 bridgehead atoms. The molecule has 4 heterocycles. The van der Waals surface area contributed by atoms with E-state index in [0.717, 1.165) is 81.1 Å². The van der Waals surface area contributed by atoms with Gasteiger partial charge in [0.1, 0.15) is 5.52 Å². The standard InChI is InChI=1S/C43H47N7O2.2H2S/c1-26-32(21-38-39-33(11-17-44-38)19-30(22-46-39)24-48-42(13-14-42)28(3)51)7-5-8-35(26)36-9-6-10-37(27(36)2)50-41-40-34(12-18-45-41)20-31(23-47-40)25-49-43(15-16-43)29(4)52;;/h5-12,17-20,22-23,28-29,48-49,51-52H,13-16,21,24-25H2,1-4H3,(H,45,50);2*1H2/t28-,29-;;/m0../s1. The van der Waals surface area contributed by atoms with Crippen molar-refractivity contribution < 1.29 is 10.2 Å². The number of aromatic nitrogens is 4. The Balaban J connectivity index is 0.00000249. The van der Waals surface area contributed by atoms with Crippen molar-refractivity contribution in [1.82, 2.24) is 30.6 Å². The minimum atomic E-state index is -0.371. The van der Waals surface area contributed by atoms with Crippen molar-refractivity contribution in [2.75, 3.05) is 5.32 Å². The van der Waals surface area contributed by atoms with Crippen molar-refractivity contribution in [3.05, 3.63) is 119 Å². The third-order valence-corrected chi connectivity index (χ3v) is 11.5. The fourth-order valence-electron chi connectivity index (χ4n) is 7.53. The Kier molecular flexibility index (Phi) is 11.7. The molecule has 2 aliphatic carbocycles. The molecule has 0 amide bonds. The van der Waals surface area contributed by atoms with Crippen LogP contribution in [0.25, 0.3) is 32.9 Å². The fraction of sp³-hybridized carbons (Fsp3) is 0.349. The van der Waals surface area contributed by atoms with Crippen LogP contribution in [0.15, 0.2) is 85.5 Å². The van der Waals surface area contributed by atoms with Gasteiger partial charge in [-0.1, -0.05) is 30.3 Å². The number of aliphatic hydroxyl groups is 2. The Morgan fingerprint density at radius 3 is 1.80 bits per heavy atom. The molecule has 11 heteroatoms. The highest BCUT2D eigenvalue weighted by Gasteiger charge is 2.47. The largest absolute Gasteiger partial charge is 0.391 e. The van der Waals surface area contributed by atoms with Gasteiger partial charge >= 0.3 is 0 Å². The first kappa shape index (κ1) is 39.6. The van der Waals surface area contributed by atoms with Crippen LogP contribution >= 0.6 is 27.0 Å². The molecule has 2 aromatic carbocycles. The maximum Gasteiger partial charge on any atom is 0.156 e. The number of nitrogens with zero attached hydrogens (tertiary/aromatic N) is 4. The van der Waals surface area contributed by atoms with Gasteiger partial charge in [0.25, 0.3) is 0 Å². The van der Waals surface area contributed by atoms with Crippen LogP contribution in [0, 0.1) is 13.8 Å². The predicted molar refractivity (Wildman–Crippen MR) is 228 cm³/mol. The predicted octanol–water partition coefficient (Wildman–Crippen LogP) is 7.42. The molecule has 2 aliphatic rings. The van der Waals surface area contributed by atoms with E-state index >= 15 is 0 Å². The number of nitrogens with one attached hydrogen (secondary N) is 3. The highest BCUT2D eigenvalue weighted by atomic mass is 32.1. The summed E-state index contributed by atoms with van der Waals surface area (Å²) in [6.07, 6.45) is 11.5. The second-order valence-electron chi connectivity index (χ2n) is 15.0. The van der Waals surface area contributed by atoms with Crippen LogP contribution in [0.1, 0.15) is 73.0 Å². The van der Waals surface area contributed by atoms with Gasteiger partial charge in [0.15, 0.2) is 5.82 Å². The van der Waals surface area contributed by atoms with E-state index in [1.54, 1.807) is 0 Å². The maximum atomic E-state index is 10.2. The van der Waals surface area contributed by atoms with Crippen LogP contribution in [0.5, 0.6) is 0 Å². The molecule has 2 fully saturated rings. The van der Waals surface area contributed by atoms with Crippen molar-refractivity contribution in [2.45, 2.75) is 96.2 Å². The Morgan fingerprint density at radius 2 is 1.20 bits per heavy atom. The molecular weight excluding hydrogens is 711 g/mol. The molecule has 0 aliphatic heterocycles. The maximum absolute atomic E-state index is 10.2. The van der Waals surface area contributed by atoms with Crippen molar-refractivity contribution in [3.8, 4) is 11.1 Å². The van der Waals surface area contributed by atoms with E-state index in [9.17, 15) is 10.2 Å². The molecule has 2 saturated carbocycles. The number of anilines is 2. The van der Waals surface area contributed by atoms with Crippen molar-refractivity contribution in [3.63, 3.8) is 0 Å². The summed E-state index contributed by atoms with van der Waals surface area (Å²) in [5.74, 6) is 0.717. The monoisotopic (exact) mass is 761 g/mol. The highest BCUT2D eigenvalue weighted by molar-refractivity contribution is 7.59. The van der Waals surface area contributed by atoms with Gasteiger partial charge in [0.2, 0.25) is 0 Å². The van der Waals surface area contributed by atoms with Crippen LogP contribution in [0.4, 0.5) is 11.5 Å². The minimum Gasteiger partial charge on any atom is -0.391 e. The lowest BCUT2D eigenvalue weighted by molar-refractivity contribution is 0.132. The van der Waals surface area contributed by atoms with E-state index in [4.69, 9.17) is 15.0 Å². The molecule has 0 saturated heterocycles. The zero-order valence-corrected chi connectivity index (χ0v) is 33.4. The summed E-state index contributed by atoms with van der Waals surface area (Å²) < 4.78 is 0. The number of aliphatic hydroxyl groups excluding tert-OH is 2. The number of hydrogen-bond donors (Lipinski definition) is 5. The third-order valence-electron chi connectivity index (χ3n) is 11.5. The van der Waals surface area contributed by atoms with Gasteiger partial charge in [-0.3, -0.25) is 15.0 Å². The highest BCUT2D eigenvalue weighted by Crippen LogP contribution is 2.40. The van der Waals surface area contributed by atoms with Crippen molar-refractivity contribution in [2.24, 2.45) is 0 Å². The molecule has 0 spiro atoms. The molecule has 8 rings (SSSR count). The Hall–Kier alpha value is -4.10. The van der Waals surface area contributed by atoms with Crippen molar-refractivity contribution in [1.29, 1.82) is 0 Å². The molecule has 4 aromatic heterocycles. The Labute approximate surface area is 331 Å². The molecule has 0 radical (unpaired) electrons. The van der Waals surface area contributed by atoms with E-state index in [1.165, 1.54) is 16.7 Å². The molecular formula is C43H51N7O2S2. The van der Waals surface area contributed by atoms with Gasteiger partial charge in [-0.2, -0.15) is 27.0 Å². The SMILES string of the molecule is Cc1c(Cc2nccc3cc(CNC4([C@H](C)O)CC4)cnc23)cccc1-c1cccc(Nc2nccc3cc(CNC4([C@H](C)O)CC4)cnc23)c1C.S.S. The number of benzene rings is 2. The average molecular weight is 762 g/mol. The number of hydrogen-bond acceptors (Lipinski definition) is 9. The zero-order chi connectivity index (χ0) is 36.0. The van der Waals surface area contributed by atoms with Gasteiger partial charge in [0, 0.05) is 71.8 Å². The quantitative estimate of drug-likeness (QED) is 0.0817. The van der Waals surface area contributed by atoms with Crippen LogP contribution < -0.4 is 16.0 Å². The van der Waals surface area contributed by atoms with E-state index < -0.39 is 0 Å². The summed E-state index contributed by atoms with van der Waals surface area (Å²) in [5.41, 5.74) is 11.4. The van der Waals surface area contributed by atoms with Gasteiger partial charge in [0.05, 0.1) is 23.4 Å². The number of pyridine rings is 4. The molecule has 2 atom stereocenters. The molecule has 0 unspecified atom stereocenters. The molecule has 5 N–H and O–H groups in total. The van der Waals surface area contributed by atoms with E-state index in [1.807, 2.05) is 50.8 Å². The summed E-state index contributed by atoms with van der Waals surface area (Å²) >= 11 is 0. The van der Waals surface area contributed by atoms with Crippen LogP contribution in [0.3, 0.4) is 0 Å². The van der Waals surface area contributed by atoms with E-state index in [2.05, 4.69) is 83.3 Å². The topological polar surface area (TPSA) is 128 Å². The van der Waals surface area contributed by atoms with E-state index in [-0.39, 0.29) is 50.3 Å². The normalized spacial score (nSPS) is 16.3. The third kappa shape index (κ3) is 7.84. The molecule has 9 nitrogen and oxygen atoms in total. The summed E-state index contributed by atoms with van der Waals surface area (Å²) in [6.45, 7) is 9.41. The number of fused-ring (bicyclic) bond motifs is 2. The smallest absolute Gasteiger partial charge is 0.156 e. The first-order chi connectivity index (χ1) is 25.1. The van der Waals surface area contributed by atoms with Crippen LogP contribution in [-0.2, 0) is 19.5 Å². The summed E-state index contributed by atoms with van der Waals surface area (Å²) in [7, 11) is 0. The fourth-order valence-corrected chi connectivity index (χ4v) is 7.53. The zero-order valence-electron chi connectivity index (χ0n) is 31.4. The number of rotatable bonds is 13. The molecule has 282 valence electrons. The Morgan fingerprint density at radius 1 is 0.667 bits per heavy atom. The second kappa shape index (κ2) is 15.9. The van der Waals surface area contributed by atoms with Crippen LogP contribution in [0.2, 0.25) is 0 Å². The lowest BCUT2D eigenvalue weighted by atomic mass is 9.91. The summed E-state index contributed by atoms with van der Waals surface area (Å²) in [5, 5.41) is 33.1. The van der Waals surface area contributed by atoms with Crippen molar-refractivity contribution >= 4 is 60.3 Å². The lowest BCUT2D eigenvalue weighted by Crippen LogP contribution is -2.40. The first-order valence-electron chi connectivity index (χ1n) is 18.4. The lowest BCUT2D eigenvalue weighted by Gasteiger charge is -2.20. The van der Waals surface area contributed by atoms with Crippen LogP contribution in [-0.4, -0.2) is 53.4 Å². The minimum absolute atomic E-state index is 0. The first-order valence-corrected chi connectivity index (χ1v) is 18.4. The molecule has 6 aromatic rings. The van der Waals surface area contributed by atoms with Gasteiger partial charge < -0.3 is 26.2 Å². The van der Waals surface area contributed by atoms with Gasteiger partial charge in [-0.05, 0) is 123 Å². The summed E-state index contributed by atoms with van der Waals surface area (Å²) in [6, 6.07) is 21.2. The average Bonchev–Trinajstić information content (AvgIpc) is 4.08. The van der Waals surface area contributed by atoms with E-state index in [0.29, 0.717) is 25.3 Å². The van der Waals surface area contributed by atoms with Gasteiger partial charge in [-0.25, -0.2) is 4.98 Å². The molecule has 54 heavy (non-hydrogen) atoms.